The quantitative estimate of drug-likeness (QED) is 0.837. The topological polar surface area (TPSA) is 49.4 Å². The molecule has 2 rings (SSSR count). The zero-order valence-electron chi connectivity index (χ0n) is 15.3. The molecule has 1 fully saturated rings. The van der Waals surface area contributed by atoms with Gasteiger partial charge in [0, 0.05) is 25.0 Å². The average molecular weight is 365 g/mol. The van der Waals surface area contributed by atoms with Crippen LogP contribution in [-0.4, -0.2) is 29.8 Å². The fourth-order valence-corrected chi connectivity index (χ4v) is 3.66. The Balaban J connectivity index is 2.04. The minimum absolute atomic E-state index is 0.0827. The molecule has 0 heterocycles. The van der Waals surface area contributed by atoms with E-state index >= 15 is 0 Å². The third kappa shape index (κ3) is 6.35. The number of hydrogen-bond donors (Lipinski definition) is 1. The Morgan fingerprint density at radius 3 is 2.24 bits per heavy atom. The Hall–Kier alpha value is -1.55. The maximum absolute atomic E-state index is 12.8. The second-order valence-electron chi connectivity index (χ2n) is 7.01. The van der Waals surface area contributed by atoms with Crippen molar-refractivity contribution in [2.24, 2.45) is 0 Å². The summed E-state index contributed by atoms with van der Waals surface area (Å²) in [4.78, 5) is 26.3. The van der Waals surface area contributed by atoms with Gasteiger partial charge in [0.15, 0.2) is 0 Å². The predicted octanol–water partition coefficient (Wildman–Crippen LogP) is 4.48. The van der Waals surface area contributed by atoms with Crippen molar-refractivity contribution in [2.75, 3.05) is 7.05 Å². The number of hydrogen-bond acceptors (Lipinski definition) is 2. The lowest BCUT2D eigenvalue weighted by molar-refractivity contribution is -0.133. The molecular formula is C20H29ClN2O2. The van der Waals surface area contributed by atoms with Crippen LogP contribution in [0.1, 0.15) is 69.9 Å². The van der Waals surface area contributed by atoms with Crippen LogP contribution >= 0.6 is 11.6 Å². The maximum atomic E-state index is 12.8. The summed E-state index contributed by atoms with van der Waals surface area (Å²) in [5.74, 6) is -0.0550. The van der Waals surface area contributed by atoms with Gasteiger partial charge in [-0.15, -0.1) is 0 Å². The van der Waals surface area contributed by atoms with Crippen molar-refractivity contribution in [3.8, 4) is 0 Å². The minimum Gasteiger partial charge on any atom is -0.349 e. The summed E-state index contributed by atoms with van der Waals surface area (Å²) < 4.78 is 0. The van der Waals surface area contributed by atoms with Gasteiger partial charge < -0.3 is 10.2 Å². The fourth-order valence-electron chi connectivity index (χ4n) is 3.54. The van der Waals surface area contributed by atoms with Crippen LogP contribution in [-0.2, 0) is 9.59 Å². The zero-order valence-corrected chi connectivity index (χ0v) is 16.0. The fraction of sp³-hybridized carbons (Fsp3) is 0.600. The normalized spacial score (nSPS) is 17.2. The highest BCUT2D eigenvalue weighted by atomic mass is 35.5. The maximum Gasteiger partial charge on any atom is 0.224 e. The number of benzene rings is 1. The van der Waals surface area contributed by atoms with E-state index in [2.05, 4.69) is 5.32 Å². The SMILES string of the molecule is CC(=O)N[C@@H](CC(=O)N(C)C1CCCCCCC1)c1ccc(Cl)cc1. The van der Waals surface area contributed by atoms with E-state index < -0.39 is 0 Å². The van der Waals surface area contributed by atoms with Crippen molar-refractivity contribution < 1.29 is 9.59 Å². The van der Waals surface area contributed by atoms with Crippen LogP contribution in [0.3, 0.4) is 0 Å². The number of rotatable bonds is 5. The Morgan fingerprint density at radius 2 is 1.68 bits per heavy atom. The minimum atomic E-state index is -0.321. The molecule has 1 aromatic carbocycles. The Kier molecular flexibility index (Phi) is 7.76. The molecule has 1 atom stereocenters. The average Bonchev–Trinajstić information content (AvgIpc) is 2.53. The smallest absolute Gasteiger partial charge is 0.224 e. The van der Waals surface area contributed by atoms with Crippen molar-refractivity contribution in [3.63, 3.8) is 0 Å². The van der Waals surface area contributed by atoms with Gasteiger partial charge in [0.1, 0.15) is 0 Å². The van der Waals surface area contributed by atoms with Crippen LogP contribution in [0.25, 0.3) is 0 Å². The molecule has 0 aliphatic heterocycles. The van der Waals surface area contributed by atoms with Crippen molar-refractivity contribution in [1.29, 1.82) is 0 Å². The lowest BCUT2D eigenvalue weighted by atomic mass is 9.95. The zero-order chi connectivity index (χ0) is 18.2. The highest BCUT2D eigenvalue weighted by Gasteiger charge is 2.24. The number of carbonyl (C=O) groups excluding carboxylic acids is 2. The van der Waals surface area contributed by atoms with Gasteiger partial charge >= 0.3 is 0 Å². The highest BCUT2D eigenvalue weighted by molar-refractivity contribution is 6.30. The molecule has 1 aromatic rings. The number of carbonyl (C=O) groups is 2. The van der Waals surface area contributed by atoms with Gasteiger partial charge in [-0.2, -0.15) is 0 Å². The van der Waals surface area contributed by atoms with Gasteiger partial charge in [0.05, 0.1) is 12.5 Å². The molecule has 0 saturated heterocycles. The van der Waals surface area contributed by atoms with Gasteiger partial charge in [0.25, 0.3) is 0 Å². The van der Waals surface area contributed by atoms with Crippen molar-refractivity contribution in [1.82, 2.24) is 10.2 Å². The van der Waals surface area contributed by atoms with Crippen LogP contribution in [0.4, 0.5) is 0 Å². The van der Waals surface area contributed by atoms with E-state index in [1.807, 2.05) is 24.1 Å². The van der Waals surface area contributed by atoms with E-state index in [1.54, 1.807) is 12.1 Å². The first-order chi connectivity index (χ1) is 12.0. The van der Waals surface area contributed by atoms with Gasteiger partial charge in [-0.05, 0) is 30.5 Å². The molecule has 2 amide bonds. The van der Waals surface area contributed by atoms with E-state index in [0.29, 0.717) is 11.1 Å². The summed E-state index contributed by atoms with van der Waals surface area (Å²) in [6, 6.07) is 7.30. The Bertz CT molecular complexity index is 566. The molecule has 0 bridgehead atoms. The standard InChI is InChI=1S/C20H29ClN2O2/c1-15(24)22-19(16-10-12-17(21)13-11-16)14-20(25)23(2)18-8-6-4-3-5-7-9-18/h10-13,18-19H,3-9,14H2,1-2H3,(H,22,24)/t19-/m0/s1. The first kappa shape index (κ1) is 19.8. The Morgan fingerprint density at radius 1 is 1.12 bits per heavy atom. The largest absolute Gasteiger partial charge is 0.349 e. The first-order valence-electron chi connectivity index (χ1n) is 9.25. The third-order valence-corrected chi connectivity index (χ3v) is 5.30. The molecule has 1 saturated carbocycles. The molecule has 1 N–H and O–H groups in total. The van der Waals surface area contributed by atoms with E-state index in [9.17, 15) is 9.59 Å². The molecule has 5 heteroatoms. The van der Waals surface area contributed by atoms with Gasteiger partial charge in [-0.25, -0.2) is 0 Å². The summed E-state index contributed by atoms with van der Waals surface area (Å²) in [6.45, 7) is 1.48. The first-order valence-corrected chi connectivity index (χ1v) is 9.63. The van der Waals surface area contributed by atoms with Crippen LogP contribution in [0, 0.1) is 0 Å². The molecular weight excluding hydrogens is 336 g/mol. The molecule has 0 radical (unpaired) electrons. The summed E-state index contributed by atoms with van der Waals surface area (Å²) in [7, 11) is 1.90. The van der Waals surface area contributed by atoms with Crippen molar-refractivity contribution in [2.45, 2.75) is 70.4 Å². The Labute approximate surface area is 155 Å². The van der Waals surface area contributed by atoms with E-state index in [1.165, 1.54) is 39.0 Å². The molecule has 0 spiro atoms. The summed E-state index contributed by atoms with van der Waals surface area (Å²) in [5.41, 5.74) is 0.902. The van der Waals surface area contributed by atoms with Crippen LogP contribution in [0.5, 0.6) is 0 Å². The molecule has 25 heavy (non-hydrogen) atoms. The van der Waals surface area contributed by atoms with E-state index in [-0.39, 0.29) is 24.3 Å². The molecule has 0 aromatic heterocycles. The van der Waals surface area contributed by atoms with Crippen LogP contribution < -0.4 is 5.32 Å². The van der Waals surface area contributed by atoms with Gasteiger partial charge in [-0.3, -0.25) is 9.59 Å². The highest BCUT2D eigenvalue weighted by Crippen LogP contribution is 2.24. The summed E-state index contributed by atoms with van der Waals surface area (Å²) in [5, 5.41) is 3.54. The number of halogens is 1. The third-order valence-electron chi connectivity index (χ3n) is 5.04. The monoisotopic (exact) mass is 364 g/mol. The van der Waals surface area contributed by atoms with Crippen LogP contribution in [0.15, 0.2) is 24.3 Å². The predicted molar refractivity (Wildman–Crippen MR) is 102 cm³/mol. The molecule has 1 aliphatic rings. The number of nitrogens with zero attached hydrogens (tertiary/aromatic N) is 1. The van der Waals surface area contributed by atoms with E-state index in [4.69, 9.17) is 11.6 Å². The van der Waals surface area contributed by atoms with Crippen LogP contribution in [0.2, 0.25) is 5.02 Å². The number of amides is 2. The molecule has 138 valence electrons. The van der Waals surface area contributed by atoms with Gasteiger partial charge in [-0.1, -0.05) is 55.8 Å². The van der Waals surface area contributed by atoms with Crippen molar-refractivity contribution >= 4 is 23.4 Å². The molecule has 4 nitrogen and oxygen atoms in total. The number of nitrogens with one attached hydrogen (secondary N) is 1. The second-order valence-corrected chi connectivity index (χ2v) is 7.45. The van der Waals surface area contributed by atoms with Gasteiger partial charge in [0.2, 0.25) is 11.8 Å². The molecule has 1 aliphatic carbocycles. The lowest BCUT2D eigenvalue weighted by Crippen LogP contribution is -2.40. The van der Waals surface area contributed by atoms with Crippen molar-refractivity contribution in [3.05, 3.63) is 34.9 Å². The molecule has 0 unspecified atom stereocenters. The second kappa shape index (κ2) is 9.81. The lowest BCUT2D eigenvalue weighted by Gasteiger charge is -2.31. The van der Waals surface area contributed by atoms with E-state index in [0.717, 1.165) is 18.4 Å². The summed E-state index contributed by atoms with van der Waals surface area (Å²) >= 11 is 5.95. The summed E-state index contributed by atoms with van der Waals surface area (Å²) in [6.07, 6.45) is 8.64.